The zero-order chi connectivity index (χ0) is 25.7. The maximum absolute atomic E-state index is 10.8. The zero-order valence-corrected chi connectivity index (χ0v) is 21.5. The molecule has 1 N–H and O–H groups in total. The number of nitrogens with zero attached hydrogens (tertiary/aromatic N) is 1. The molecule has 9 heteroatoms. The van der Waals surface area contributed by atoms with Crippen LogP contribution in [-0.2, 0) is 11.4 Å². The summed E-state index contributed by atoms with van der Waals surface area (Å²) in [6.07, 6.45) is 0. The van der Waals surface area contributed by atoms with Crippen LogP contribution in [0, 0.1) is 6.92 Å². The zero-order valence-electron chi connectivity index (χ0n) is 19.9. The first kappa shape index (κ1) is 25.3. The molecule has 0 unspecified atom stereocenters. The van der Waals surface area contributed by atoms with Gasteiger partial charge in [-0.2, -0.15) is 0 Å². The molecule has 0 fully saturated rings. The number of carboxylic acid groups (broad SMARTS) is 1. The van der Waals surface area contributed by atoms with Gasteiger partial charge in [0.2, 0.25) is 0 Å². The van der Waals surface area contributed by atoms with E-state index >= 15 is 0 Å². The summed E-state index contributed by atoms with van der Waals surface area (Å²) in [4.78, 5) is 16.6. The summed E-state index contributed by atoms with van der Waals surface area (Å²) < 4.78 is 21.9. The highest BCUT2D eigenvalue weighted by Gasteiger charge is 2.17. The molecule has 4 rings (SSSR count). The van der Waals surface area contributed by atoms with E-state index in [9.17, 15) is 4.79 Å². The summed E-state index contributed by atoms with van der Waals surface area (Å²) in [5, 5.41) is 10.1. The molecule has 0 aliphatic carbocycles. The summed E-state index contributed by atoms with van der Waals surface area (Å²) in [5.74, 6) is 1.47. The van der Waals surface area contributed by atoms with E-state index in [1.54, 1.807) is 32.4 Å². The van der Waals surface area contributed by atoms with Crippen LogP contribution in [-0.4, -0.2) is 36.9 Å². The third-order valence-corrected chi connectivity index (χ3v) is 6.68. The van der Waals surface area contributed by atoms with Gasteiger partial charge in [-0.1, -0.05) is 11.6 Å². The smallest absolute Gasteiger partial charge is 0.341 e. The number of benzene rings is 3. The molecule has 0 aliphatic rings. The molecule has 3 aromatic carbocycles. The van der Waals surface area contributed by atoms with Gasteiger partial charge >= 0.3 is 5.97 Å². The Morgan fingerprint density at radius 1 is 0.917 bits per heavy atom. The second-order valence-electron chi connectivity index (χ2n) is 7.76. The maximum atomic E-state index is 10.8. The van der Waals surface area contributed by atoms with Gasteiger partial charge in [0.1, 0.15) is 34.6 Å². The molecule has 0 saturated carbocycles. The van der Waals surface area contributed by atoms with Crippen LogP contribution in [0.4, 0.5) is 0 Å². The lowest BCUT2D eigenvalue weighted by molar-refractivity contribution is -0.139. The van der Waals surface area contributed by atoms with Gasteiger partial charge in [-0.15, -0.1) is 11.3 Å². The van der Waals surface area contributed by atoms with Crippen LogP contribution in [0.2, 0.25) is 5.02 Å². The number of ether oxygens (including phenoxy) is 4. The van der Waals surface area contributed by atoms with Crippen molar-refractivity contribution in [2.75, 3.05) is 20.8 Å². The molecule has 36 heavy (non-hydrogen) atoms. The Labute approximate surface area is 217 Å². The first-order chi connectivity index (χ1) is 17.4. The second kappa shape index (κ2) is 11.3. The number of aryl methyl sites for hydroxylation is 1. The summed E-state index contributed by atoms with van der Waals surface area (Å²) in [6.45, 7) is 1.69. The number of carboxylic acids is 1. The predicted octanol–water partition coefficient (Wildman–Crippen LogP) is 6.50. The molecule has 0 amide bonds. The standard InChI is InChI=1S/C27H24ClNO6S/c1-16-12-20(9-11-22(16)35-15-25(30)31)34-14-24-29-26(17-4-7-19(32-2)8-5-17)27(36-24)18-6-10-23(33-3)21(28)13-18/h4-13H,14-15H2,1-3H3,(H,30,31). The highest BCUT2D eigenvalue weighted by molar-refractivity contribution is 7.15. The average Bonchev–Trinajstić information content (AvgIpc) is 3.31. The molecule has 4 aromatic rings. The van der Waals surface area contributed by atoms with Crippen molar-refractivity contribution in [3.63, 3.8) is 0 Å². The molecule has 1 heterocycles. The number of halogens is 1. The van der Waals surface area contributed by atoms with E-state index in [0.29, 0.717) is 22.3 Å². The van der Waals surface area contributed by atoms with Crippen molar-refractivity contribution in [2.45, 2.75) is 13.5 Å². The largest absolute Gasteiger partial charge is 0.497 e. The van der Waals surface area contributed by atoms with Gasteiger partial charge in [-0.05, 0) is 78.7 Å². The van der Waals surface area contributed by atoms with Crippen molar-refractivity contribution in [2.24, 2.45) is 0 Å². The lowest BCUT2D eigenvalue weighted by Gasteiger charge is -2.09. The minimum absolute atomic E-state index is 0.256. The van der Waals surface area contributed by atoms with Crippen LogP contribution in [0.25, 0.3) is 21.7 Å². The number of hydrogen-bond donors (Lipinski definition) is 1. The Bertz CT molecular complexity index is 1370. The van der Waals surface area contributed by atoms with Gasteiger partial charge in [0.25, 0.3) is 0 Å². The van der Waals surface area contributed by atoms with Gasteiger partial charge in [0.05, 0.1) is 29.8 Å². The Morgan fingerprint density at radius 2 is 1.61 bits per heavy atom. The Balaban J connectivity index is 1.61. The van der Waals surface area contributed by atoms with Crippen molar-refractivity contribution in [3.8, 4) is 44.7 Å². The molecule has 0 radical (unpaired) electrons. The molecule has 0 spiro atoms. The van der Waals surface area contributed by atoms with E-state index in [0.717, 1.165) is 38.0 Å². The van der Waals surface area contributed by atoms with E-state index in [2.05, 4.69) is 0 Å². The SMILES string of the molecule is COc1ccc(-c2nc(COc3ccc(OCC(=O)O)c(C)c3)sc2-c2ccc(OC)c(Cl)c2)cc1. The molecular formula is C27H24ClNO6S. The summed E-state index contributed by atoms with van der Waals surface area (Å²) in [5.41, 5.74) is 3.46. The number of aliphatic carboxylic acids is 1. The highest BCUT2D eigenvalue weighted by atomic mass is 35.5. The molecule has 0 saturated heterocycles. The fourth-order valence-corrected chi connectivity index (χ4v) is 4.79. The average molecular weight is 526 g/mol. The second-order valence-corrected chi connectivity index (χ2v) is 9.25. The lowest BCUT2D eigenvalue weighted by atomic mass is 10.1. The highest BCUT2D eigenvalue weighted by Crippen LogP contribution is 2.40. The van der Waals surface area contributed by atoms with E-state index in [4.69, 9.17) is 40.6 Å². The van der Waals surface area contributed by atoms with Crippen molar-refractivity contribution >= 4 is 28.9 Å². The van der Waals surface area contributed by atoms with Crippen LogP contribution in [0.1, 0.15) is 10.6 Å². The number of hydrogen-bond acceptors (Lipinski definition) is 7. The number of rotatable bonds is 10. The van der Waals surface area contributed by atoms with Crippen molar-refractivity contribution in [1.29, 1.82) is 0 Å². The third kappa shape index (κ3) is 5.90. The van der Waals surface area contributed by atoms with Crippen molar-refractivity contribution < 1.29 is 28.8 Å². The summed E-state index contributed by atoms with van der Waals surface area (Å²) in [6, 6.07) is 18.6. The van der Waals surface area contributed by atoms with Gasteiger partial charge in [0.15, 0.2) is 6.61 Å². The molecule has 0 atom stereocenters. The van der Waals surface area contributed by atoms with Crippen molar-refractivity contribution in [1.82, 2.24) is 4.98 Å². The number of carbonyl (C=O) groups is 1. The molecule has 0 aliphatic heterocycles. The van der Waals surface area contributed by atoms with Crippen LogP contribution in [0.15, 0.2) is 60.7 Å². The van der Waals surface area contributed by atoms with E-state index in [-0.39, 0.29) is 6.61 Å². The fourth-order valence-electron chi connectivity index (χ4n) is 3.53. The minimum atomic E-state index is -1.03. The van der Waals surface area contributed by atoms with E-state index in [1.165, 1.54) is 11.3 Å². The van der Waals surface area contributed by atoms with Gasteiger partial charge in [-0.3, -0.25) is 0 Å². The van der Waals surface area contributed by atoms with Crippen molar-refractivity contribution in [3.05, 3.63) is 76.3 Å². The number of methoxy groups -OCH3 is 2. The van der Waals surface area contributed by atoms with Gasteiger partial charge in [0, 0.05) is 5.56 Å². The quantitative estimate of drug-likeness (QED) is 0.253. The molecular weight excluding hydrogens is 502 g/mol. The Morgan fingerprint density at radius 3 is 2.25 bits per heavy atom. The van der Waals surface area contributed by atoms with Gasteiger partial charge in [-0.25, -0.2) is 9.78 Å². The minimum Gasteiger partial charge on any atom is -0.497 e. The predicted molar refractivity (Wildman–Crippen MR) is 140 cm³/mol. The summed E-state index contributed by atoms with van der Waals surface area (Å²) in [7, 11) is 3.21. The number of aromatic nitrogens is 1. The first-order valence-corrected chi connectivity index (χ1v) is 12.1. The van der Waals surface area contributed by atoms with Gasteiger partial charge < -0.3 is 24.1 Å². The molecule has 186 valence electrons. The van der Waals surface area contributed by atoms with Crippen LogP contribution < -0.4 is 18.9 Å². The third-order valence-electron chi connectivity index (χ3n) is 5.31. The maximum Gasteiger partial charge on any atom is 0.341 e. The molecule has 7 nitrogen and oxygen atoms in total. The van der Waals surface area contributed by atoms with Crippen LogP contribution in [0.5, 0.6) is 23.0 Å². The van der Waals surface area contributed by atoms with E-state index in [1.807, 2.05) is 49.4 Å². The number of thiazole rings is 1. The fraction of sp³-hybridized carbons (Fsp3) is 0.185. The monoisotopic (exact) mass is 525 g/mol. The topological polar surface area (TPSA) is 87.1 Å². The van der Waals surface area contributed by atoms with E-state index < -0.39 is 12.6 Å². The molecule has 0 bridgehead atoms. The Hall–Kier alpha value is -3.75. The van der Waals surface area contributed by atoms with Crippen LogP contribution in [0.3, 0.4) is 0 Å². The van der Waals surface area contributed by atoms with Crippen LogP contribution >= 0.6 is 22.9 Å². The normalized spacial score (nSPS) is 10.7. The first-order valence-electron chi connectivity index (χ1n) is 10.9. The Kier molecular flexibility index (Phi) is 7.97. The summed E-state index contributed by atoms with van der Waals surface area (Å²) >= 11 is 7.93. The lowest BCUT2D eigenvalue weighted by Crippen LogP contribution is -2.10. The molecule has 1 aromatic heterocycles.